The second-order valence-electron chi connectivity index (χ2n) is 5.05. The van der Waals surface area contributed by atoms with Crippen LogP contribution in [0.4, 0.5) is 5.69 Å². The molecule has 21 heavy (non-hydrogen) atoms. The predicted octanol–water partition coefficient (Wildman–Crippen LogP) is 3.80. The van der Waals surface area contributed by atoms with E-state index in [2.05, 4.69) is 5.32 Å². The monoisotopic (exact) mass is 287 g/mol. The Labute approximate surface area is 125 Å². The van der Waals surface area contributed by atoms with Gasteiger partial charge in [-0.2, -0.15) is 0 Å². The van der Waals surface area contributed by atoms with Crippen LogP contribution in [0.1, 0.15) is 19.4 Å². The Morgan fingerprint density at radius 2 is 1.81 bits per heavy atom. The highest BCUT2D eigenvalue weighted by atomic mass is 16.5. The van der Waals surface area contributed by atoms with Crippen molar-refractivity contribution in [2.75, 3.05) is 12.4 Å². The quantitative estimate of drug-likeness (QED) is 0.848. The van der Waals surface area contributed by atoms with E-state index in [0.29, 0.717) is 12.3 Å². The second kappa shape index (κ2) is 6.88. The van der Waals surface area contributed by atoms with Gasteiger partial charge in [0, 0.05) is 12.2 Å². The third-order valence-electron chi connectivity index (χ3n) is 2.97. The van der Waals surface area contributed by atoms with Crippen LogP contribution in [0.3, 0.4) is 0 Å². The first-order valence-electron chi connectivity index (χ1n) is 6.95. The Morgan fingerprint density at radius 1 is 1.10 bits per heavy atom. The van der Waals surface area contributed by atoms with Gasteiger partial charge in [0.2, 0.25) is 0 Å². The van der Waals surface area contributed by atoms with Crippen LogP contribution in [0.25, 0.3) is 0 Å². The normalized spacial score (nSPS) is 10.5. The summed E-state index contributed by atoms with van der Waals surface area (Å²) in [4.78, 5) is 0. The molecule has 0 atom stereocenters. The van der Waals surface area contributed by atoms with Crippen LogP contribution in [-0.2, 0) is 6.54 Å². The van der Waals surface area contributed by atoms with Gasteiger partial charge in [-0.3, -0.25) is 0 Å². The van der Waals surface area contributed by atoms with Crippen LogP contribution < -0.4 is 14.8 Å². The maximum Gasteiger partial charge on any atom is 0.160 e. The molecule has 4 nitrogen and oxygen atoms in total. The maximum atomic E-state index is 9.74. The number of phenols is 1. The van der Waals surface area contributed by atoms with Crippen molar-refractivity contribution in [3.63, 3.8) is 0 Å². The van der Waals surface area contributed by atoms with Gasteiger partial charge in [-0.15, -0.1) is 0 Å². The van der Waals surface area contributed by atoms with Crippen LogP contribution in [0.2, 0.25) is 0 Å². The lowest BCUT2D eigenvalue weighted by Gasteiger charge is -2.11. The van der Waals surface area contributed by atoms with E-state index in [1.807, 2.05) is 44.2 Å². The van der Waals surface area contributed by atoms with Crippen LogP contribution in [0.5, 0.6) is 17.2 Å². The lowest BCUT2D eigenvalue weighted by molar-refractivity contribution is 0.242. The van der Waals surface area contributed by atoms with Crippen molar-refractivity contribution in [1.29, 1.82) is 0 Å². The first-order chi connectivity index (χ1) is 10.1. The zero-order valence-electron chi connectivity index (χ0n) is 12.6. The fourth-order valence-corrected chi connectivity index (χ4v) is 1.97. The summed E-state index contributed by atoms with van der Waals surface area (Å²) in [5, 5.41) is 13.0. The summed E-state index contributed by atoms with van der Waals surface area (Å²) in [6, 6.07) is 13.2. The lowest BCUT2D eigenvalue weighted by atomic mass is 10.2. The molecule has 112 valence electrons. The molecule has 0 bridgehead atoms. The highest BCUT2D eigenvalue weighted by Gasteiger charge is 2.03. The summed E-state index contributed by atoms with van der Waals surface area (Å²) in [5.74, 6) is 1.49. The summed E-state index contributed by atoms with van der Waals surface area (Å²) in [6.45, 7) is 4.63. The fourth-order valence-electron chi connectivity index (χ4n) is 1.97. The van der Waals surface area contributed by atoms with Gasteiger partial charge in [0.1, 0.15) is 5.75 Å². The number of anilines is 1. The molecule has 0 saturated heterocycles. The first kappa shape index (κ1) is 15.0. The largest absolute Gasteiger partial charge is 0.504 e. The molecule has 0 aromatic heterocycles. The molecular formula is C17H21NO3. The summed E-state index contributed by atoms with van der Waals surface area (Å²) >= 11 is 0. The highest BCUT2D eigenvalue weighted by Crippen LogP contribution is 2.26. The standard InChI is InChI=1S/C17H21NO3/c1-12(2)21-15-7-5-14(6-8-15)18-11-13-4-9-17(20-3)16(19)10-13/h4-10,12,18-19H,11H2,1-3H3. The topological polar surface area (TPSA) is 50.7 Å². The number of hydrogen-bond acceptors (Lipinski definition) is 4. The highest BCUT2D eigenvalue weighted by molar-refractivity contribution is 5.48. The number of benzene rings is 2. The Balaban J connectivity index is 1.95. The number of phenolic OH excluding ortho intramolecular Hbond substituents is 1. The van der Waals surface area contributed by atoms with Crippen molar-refractivity contribution in [3.05, 3.63) is 48.0 Å². The number of ether oxygens (including phenoxy) is 2. The van der Waals surface area contributed by atoms with Gasteiger partial charge in [0.25, 0.3) is 0 Å². The molecule has 0 fully saturated rings. The van der Waals surface area contributed by atoms with Crippen LogP contribution in [-0.4, -0.2) is 18.3 Å². The average molecular weight is 287 g/mol. The molecule has 2 aromatic rings. The summed E-state index contributed by atoms with van der Waals surface area (Å²) in [6.07, 6.45) is 0.172. The van der Waals surface area contributed by atoms with Crippen LogP contribution in [0.15, 0.2) is 42.5 Å². The number of hydrogen-bond donors (Lipinski definition) is 2. The van der Waals surface area contributed by atoms with E-state index in [4.69, 9.17) is 9.47 Å². The van der Waals surface area contributed by atoms with Crippen molar-refractivity contribution in [3.8, 4) is 17.2 Å². The first-order valence-corrected chi connectivity index (χ1v) is 6.95. The summed E-state index contributed by atoms with van der Waals surface area (Å²) < 4.78 is 10.6. The van der Waals surface area contributed by atoms with Crippen molar-refractivity contribution >= 4 is 5.69 Å². The molecule has 0 unspecified atom stereocenters. The summed E-state index contributed by atoms with van der Waals surface area (Å²) in [5.41, 5.74) is 1.98. The molecule has 4 heteroatoms. The third kappa shape index (κ3) is 4.31. The van der Waals surface area contributed by atoms with E-state index < -0.39 is 0 Å². The number of nitrogens with one attached hydrogen (secondary N) is 1. The molecule has 0 amide bonds. The molecule has 0 aliphatic rings. The molecule has 0 aliphatic heterocycles. The average Bonchev–Trinajstić information content (AvgIpc) is 2.46. The zero-order chi connectivity index (χ0) is 15.2. The minimum atomic E-state index is 0.150. The minimum absolute atomic E-state index is 0.150. The minimum Gasteiger partial charge on any atom is -0.504 e. The Morgan fingerprint density at radius 3 is 2.38 bits per heavy atom. The number of aromatic hydroxyl groups is 1. The molecule has 0 radical (unpaired) electrons. The van der Waals surface area contributed by atoms with Crippen molar-refractivity contribution < 1.29 is 14.6 Å². The van der Waals surface area contributed by atoms with Crippen LogP contribution >= 0.6 is 0 Å². The summed E-state index contributed by atoms with van der Waals surface area (Å²) in [7, 11) is 1.54. The molecule has 2 N–H and O–H groups in total. The Hall–Kier alpha value is -2.36. The second-order valence-corrected chi connectivity index (χ2v) is 5.05. The smallest absolute Gasteiger partial charge is 0.160 e. The van der Waals surface area contributed by atoms with Gasteiger partial charge >= 0.3 is 0 Å². The van der Waals surface area contributed by atoms with E-state index in [0.717, 1.165) is 17.0 Å². The van der Waals surface area contributed by atoms with E-state index in [-0.39, 0.29) is 11.9 Å². The third-order valence-corrected chi connectivity index (χ3v) is 2.97. The van der Waals surface area contributed by atoms with E-state index >= 15 is 0 Å². The van der Waals surface area contributed by atoms with E-state index in [1.165, 1.54) is 7.11 Å². The molecule has 0 aliphatic carbocycles. The van der Waals surface area contributed by atoms with Gasteiger partial charge < -0.3 is 19.9 Å². The Bertz CT molecular complexity index is 579. The van der Waals surface area contributed by atoms with Gasteiger partial charge in [-0.1, -0.05) is 6.07 Å². The number of methoxy groups -OCH3 is 1. The zero-order valence-corrected chi connectivity index (χ0v) is 12.6. The van der Waals surface area contributed by atoms with Gasteiger partial charge in [-0.25, -0.2) is 0 Å². The molecule has 2 rings (SSSR count). The van der Waals surface area contributed by atoms with Gasteiger partial charge in [-0.05, 0) is 55.8 Å². The molecule has 0 saturated carbocycles. The van der Waals surface area contributed by atoms with E-state index in [9.17, 15) is 5.11 Å². The SMILES string of the molecule is COc1ccc(CNc2ccc(OC(C)C)cc2)cc1O. The van der Waals surface area contributed by atoms with Gasteiger partial charge in [0.15, 0.2) is 11.5 Å². The lowest BCUT2D eigenvalue weighted by Crippen LogP contribution is -2.05. The molecular weight excluding hydrogens is 266 g/mol. The molecule has 0 heterocycles. The molecule has 2 aromatic carbocycles. The van der Waals surface area contributed by atoms with Crippen molar-refractivity contribution in [2.45, 2.75) is 26.5 Å². The van der Waals surface area contributed by atoms with Crippen LogP contribution in [0, 0.1) is 0 Å². The van der Waals surface area contributed by atoms with Crippen molar-refractivity contribution in [2.24, 2.45) is 0 Å². The van der Waals surface area contributed by atoms with E-state index in [1.54, 1.807) is 12.1 Å². The van der Waals surface area contributed by atoms with Gasteiger partial charge in [0.05, 0.1) is 13.2 Å². The fraction of sp³-hybridized carbons (Fsp3) is 0.294. The maximum absolute atomic E-state index is 9.74. The predicted molar refractivity (Wildman–Crippen MR) is 84.2 cm³/mol. The van der Waals surface area contributed by atoms with Crippen molar-refractivity contribution in [1.82, 2.24) is 0 Å². The number of rotatable bonds is 6. The molecule has 0 spiro atoms. The Kier molecular flexibility index (Phi) is 4.93.